The number of carbonyl (C=O) groups is 3. The summed E-state index contributed by atoms with van der Waals surface area (Å²) in [5.41, 5.74) is 0. The van der Waals surface area contributed by atoms with Crippen molar-refractivity contribution in [1.29, 1.82) is 0 Å². The number of carbonyl (C=O) groups excluding carboxylic acids is 3. The molecule has 0 aromatic heterocycles. The molecule has 0 saturated carbocycles. The summed E-state index contributed by atoms with van der Waals surface area (Å²) in [6.45, 7) is 6.34. The normalized spacial score (nSPS) is 12.9. The molecule has 392 valence electrons. The third-order valence-corrected chi connectivity index (χ3v) is 11.8. The van der Waals surface area contributed by atoms with Gasteiger partial charge in [-0.05, 0) is 89.9 Å². The average molecular weight is 958 g/mol. The van der Waals surface area contributed by atoms with E-state index >= 15 is 0 Å². The van der Waals surface area contributed by atoms with Crippen LogP contribution in [0.2, 0.25) is 0 Å². The van der Waals surface area contributed by atoms with Gasteiger partial charge in [0.05, 0.1) is 0 Å². The van der Waals surface area contributed by atoms with Gasteiger partial charge in [-0.1, -0.05) is 252 Å². The smallest absolute Gasteiger partial charge is 0.306 e. The molecule has 0 heterocycles. The van der Waals surface area contributed by atoms with Gasteiger partial charge in [0.1, 0.15) is 13.2 Å². The van der Waals surface area contributed by atoms with Gasteiger partial charge in [-0.25, -0.2) is 0 Å². The maximum atomic E-state index is 12.8. The molecule has 0 saturated heterocycles. The quantitative estimate of drug-likeness (QED) is 0.0262. The van der Waals surface area contributed by atoms with E-state index in [0.717, 1.165) is 96.3 Å². The molecule has 69 heavy (non-hydrogen) atoms. The van der Waals surface area contributed by atoms with Gasteiger partial charge < -0.3 is 14.2 Å². The minimum atomic E-state index is -0.816. The molecular formula is C63H104O6. The van der Waals surface area contributed by atoms with Crippen LogP contribution in [-0.2, 0) is 28.6 Å². The van der Waals surface area contributed by atoms with E-state index in [1.165, 1.54) is 109 Å². The van der Waals surface area contributed by atoms with E-state index in [9.17, 15) is 14.4 Å². The van der Waals surface area contributed by atoms with Gasteiger partial charge in [0.2, 0.25) is 0 Å². The lowest BCUT2D eigenvalue weighted by Crippen LogP contribution is -2.30. The third-order valence-electron chi connectivity index (χ3n) is 11.8. The van der Waals surface area contributed by atoms with Crippen molar-refractivity contribution in [2.24, 2.45) is 0 Å². The molecule has 0 spiro atoms. The SMILES string of the molecule is CC/C=C\C/C=C\C/C=C\C/C=C\C/C=C\CCCCCCCCCCCCCC(=O)OCC(COC(=O)CCCCCCCCCCCCC)OC(=O)CC/C=C\C/C=C\C/C=C\C/C=C\CC. The fourth-order valence-electron chi connectivity index (χ4n) is 7.60. The Hall–Kier alpha value is -3.93. The molecule has 6 nitrogen and oxygen atoms in total. The number of allylic oxidation sites excluding steroid dienone is 18. The Labute approximate surface area is 425 Å². The molecule has 0 aromatic rings. The Morgan fingerprint density at radius 3 is 0.942 bits per heavy atom. The van der Waals surface area contributed by atoms with Gasteiger partial charge in [0.15, 0.2) is 6.10 Å². The number of rotatable bonds is 50. The van der Waals surface area contributed by atoms with E-state index in [0.29, 0.717) is 19.3 Å². The van der Waals surface area contributed by atoms with E-state index < -0.39 is 12.1 Å². The minimum absolute atomic E-state index is 0.106. The Morgan fingerprint density at radius 1 is 0.304 bits per heavy atom. The molecule has 0 rings (SSSR count). The first-order chi connectivity index (χ1) is 34.0. The van der Waals surface area contributed by atoms with Crippen molar-refractivity contribution in [3.63, 3.8) is 0 Å². The van der Waals surface area contributed by atoms with Gasteiger partial charge in [0.25, 0.3) is 0 Å². The summed E-state index contributed by atoms with van der Waals surface area (Å²) in [6.07, 6.45) is 76.8. The van der Waals surface area contributed by atoms with Gasteiger partial charge >= 0.3 is 17.9 Å². The van der Waals surface area contributed by atoms with Crippen LogP contribution in [0.15, 0.2) is 109 Å². The Morgan fingerprint density at radius 2 is 0.594 bits per heavy atom. The molecule has 0 fully saturated rings. The molecule has 1 unspecified atom stereocenters. The highest BCUT2D eigenvalue weighted by atomic mass is 16.6. The number of hydrogen-bond acceptors (Lipinski definition) is 6. The van der Waals surface area contributed by atoms with Crippen molar-refractivity contribution in [3.8, 4) is 0 Å². The summed E-state index contributed by atoms with van der Waals surface area (Å²) in [5, 5.41) is 0. The lowest BCUT2D eigenvalue weighted by atomic mass is 10.0. The zero-order valence-corrected chi connectivity index (χ0v) is 44.8. The highest BCUT2D eigenvalue weighted by Crippen LogP contribution is 2.15. The van der Waals surface area contributed by atoms with Crippen LogP contribution in [0.5, 0.6) is 0 Å². The summed E-state index contributed by atoms with van der Waals surface area (Å²) >= 11 is 0. The van der Waals surface area contributed by atoms with Crippen LogP contribution in [0, 0.1) is 0 Å². The molecule has 0 aliphatic heterocycles. The van der Waals surface area contributed by atoms with E-state index in [1.54, 1.807) is 0 Å². The van der Waals surface area contributed by atoms with Crippen LogP contribution in [0.25, 0.3) is 0 Å². The van der Waals surface area contributed by atoms with Crippen LogP contribution in [0.1, 0.15) is 252 Å². The zero-order valence-electron chi connectivity index (χ0n) is 44.8. The van der Waals surface area contributed by atoms with Gasteiger partial charge in [0, 0.05) is 19.3 Å². The summed E-state index contributed by atoms with van der Waals surface area (Å²) in [6, 6.07) is 0. The monoisotopic (exact) mass is 957 g/mol. The van der Waals surface area contributed by atoms with Crippen molar-refractivity contribution in [2.45, 2.75) is 258 Å². The maximum absolute atomic E-state index is 12.8. The van der Waals surface area contributed by atoms with Gasteiger partial charge in [-0.15, -0.1) is 0 Å². The topological polar surface area (TPSA) is 78.9 Å². The fourth-order valence-corrected chi connectivity index (χ4v) is 7.60. The van der Waals surface area contributed by atoms with Crippen molar-refractivity contribution in [3.05, 3.63) is 109 Å². The highest BCUT2D eigenvalue weighted by molar-refractivity contribution is 5.71. The standard InChI is InChI=1S/C63H104O6/c1-4-7-10-13-16-19-22-24-25-26-27-28-29-30-31-32-33-34-35-36-37-39-41-44-47-50-53-56-62(65)68-59-60(58-67-61(64)55-52-49-46-43-40-21-18-15-12-9-6-3)69-63(66)57-54-51-48-45-42-38-23-20-17-14-11-8-5-2/h7-8,10-11,16-17,19-20,24-25,27-28,30-31,38,42,48,51,60H,4-6,9,12-15,18,21-23,26,29,32-37,39-41,43-47,49-50,52-59H2,1-3H3/b10-7-,11-8-,19-16-,20-17-,25-24-,28-27-,31-30-,42-38-,51-48-. The lowest BCUT2D eigenvalue weighted by molar-refractivity contribution is -0.166. The third kappa shape index (κ3) is 54.9. The van der Waals surface area contributed by atoms with Crippen LogP contribution < -0.4 is 0 Å². The first kappa shape index (κ1) is 65.1. The molecule has 1 atom stereocenters. The van der Waals surface area contributed by atoms with Crippen molar-refractivity contribution in [2.75, 3.05) is 13.2 Å². The summed E-state index contributed by atoms with van der Waals surface area (Å²) in [4.78, 5) is 38.0. The molecule has 0 N–H and O–H groups in total. The Balaban J connectivity index is 4.28. The lowest BCUT2D eigenvalue weighted by Gasteiger charge is -2.18. The first-order valence-electron chi connectivity index (χ1n) is 28.4. The molecule has 0 aliphatic carbocycles. The van der Waals surface area contributed by atoms with Crippen LogP contribution in [0.4, 0.5) is 0 Å². The van der Waals surface area contributed by atoms with E-state index in [4.69, 9.17) is 14.2 Å². The van der Waals surface area contributed by atoms with Crippen LogP contribution >= 0.6 is 0 Å². The predicted molar refractivity (Wildman–Crippen MR) is 297 cm³/mol. The van der Waals surface area contributed by atoms with E-state index in [2.05, 4.69) is 118 Å². The summed E-state index contributed by atoms with van der Waals surface area (Å²) < 4.78 is 16.7. The van der Waals surface area contributed by atoms with Crippen molar-refractivity contribution >= 4 is 17.9 Å². The number of esters is 3. The molecule has 0 aromatic carbocycles. The second-order valence-electron chi connectivity index (χ2n) is 18.4. The molecule has 0 radical (unpaired) electrons. The largest absolute Gasteiger partial charge is 0.462 e. The number of unbranched alkanes of at least 4 members (excludes halogenated alkanes) is 21. The summed E-state index contributed by atoms with van der Waals surface area (Å²) in [7, 11) is 0. The first-order valence-corrected chi connectivity index (χ1v) is 28.4. The highest BCUT2D eigenvalue weighted by Gasteiger charge is 2.19. The minimum Gasteiger partial charge on any atom is -0.462 e. The van der Waals surface area contributed by atoms with E-state index in [1.807, 2.05) is 12.2 Å². The fraction of sp³-hybridized carbons (Fsp3) is 0.667. The molecule has 6 heteroatoms. The van der Waals surface area contributed by atoms with Crippen LogP contribution in [-0.4, -0.2) is 37.2 Å². The van der Waals surface area contributed by atoms with Gasteiger partial charge in [-0.2, -0.15) is 0 Å². The van der Waals surface area contributed by atoms with E-state index in [-0.39, 0.29) is 31.6 Å². The van der Waals surface area contributed by atoms with Crippen molar-refractivity contribution < 1.29 is 28.6 Å². The molecule has 0 bridgehead atoms. The molecular weight excluding hydrogens is 853 g/mol. The molecule has 0 amide bonds. The second-order valence-corrected chi connectivity index (χ2v) is 18.4. The molecule has 0 aliphatic rings. The van der Waals surface area contributed by atoms with Gasteiger partial charge in [-0.3, -0.25) is 14.4 Å². The van der Waals surface area contributed by atoms with Crippen LogP contribution in [0.3, 0.4) is 0 Å². The van der Waals surface area contributed by atoms with Crippen molar-refractivity contribution in [1.82, 2.24) is 0 Å². The number of ether oxygens (including phenoxy) is 3. The maximum Gasteiger partial charge on any atom is 0.306 e. The zero-order chi connectivity index (χ0) is 50.0. The number of hydrogen-bond donors (Lipinski definition) is 0. The average Bonchev–Trinajstić information content (AvgIpc) is 3.35. The predicted octanol–water partition coefficient (Wildman–Crippen LogP) is 19.1. The Kier molecular flexibility index (Phi) is 53.4. The Bertz CT molecular complexity index is 1420. The summed E-state index contributed by atoms with van der Waals surface area (Å²) in [5.74, 6) is -0.993. The second kappa shape index (κ2) is 56.7.